The van der Waals surface area contributed by atoms with Crippen LogP contribution in [0.3, 0.4) is 0 Å². The van der Waals surface area contributed by atoms with Crippen molar-refractivity contribution in [2.24, 2.45) is 0 Å². The number of rotatable bonds is 11. The Morgan fingerprint density at radius 3 is 2.30 bits per heavy atom. The van der Waals surface area contributed by atoms with Crippen LogP contribution in [-0.2, 0) is 19.5 Å². The summed E-state index contributed by atoms with van der Waals surface area (Å²) in [6, 6.07) is 5.61. The number of halogens is 2. The molecule has 0 aromatic heterocycles. The van der Waals surface area contributed by atoms with Crippen LogP contribution in [-0.4, -0.2) is 46.8 Å². The quantitative estimate of drug-likeness (QED) is 0.444. The first-order chi connectivity index (χ1) is 9.79. The first kappa shape index (κ1) is 17.7. The molecule has 0 amide bonds. The minimum atomic E-state index is 0.485. The molecule has 0 aliphatic carbocycles. The molecule has 0 N–H and O–H groups in total. The molecule has 0 aliphatic rings. The van der Waals surface area contributed by atoms with Gasteiger partial charge in [-0.2, -0.15) is 0 Å². The van der Waals surface area contributed by atoms with Crippen molar-refractivity contribution in [3.05, 3.63) is 28.8 Å². The second-order valence-electron chi connectivity index (χ2n) is 3.92. The number of ether oxygens (including phenoxy) is 4. The molecule has 20 heavy (non-hydrogen) atoms. The van der Waals surface area contributed by atoms with Crippen molar-refractivity contribution >= 4 is 27.5 Å². The van der Waals surface area contributed by atoms with Gasteiger partial charge >= 0.3 is 0 Å². The van der Waals surface area contributed by atoms with Crippen LogP contribution in [0.5, 0.6) is 5.75 Å². The molecule has 1 aromatic carbocycles. The second kappa shape index (κ2) is 11.3. The van der Waals surface area contributed by atoms with E-state index in [0.29, 0.717) is 50.0 Å². The molecule has 0 spiro atoms. The van der Waals surface area contributed by atoms with Crippen molar-refractivity contribution < 1.29 is 18.9 Å². The van der Waals surface area contributed by atoms with E-state index in [9.17, 15) is 0 Å². The minimum absolute atomic E-state index is 0.485. The Balaban J connectivity index is 2.11. The average Bonchev–Trinajstić information content (AvgIpc) is 2.45. The van der Waals surface area contributed by atoms with Crippen molar-refractivity contribution in [3.63, 3.8) is 0 Å². The molecule has 0 aliphatic heterocycles. The fourth-order valence-electron chi connectivity index (χ4n) is 1.48. The van der Waals surface area contributed by atoms with Gasteiger partial charge in [0.05, 0.1) is 33.0 Å². The van der Waals surface area contributed by atoms with Crippen LogP contribution >= 0.6 is 27.5 Å². The van der Waals surface area contributed by atoms with Crippen LogP contribution in [0.2, 0.25) is 5.02 Å². The fourth-order valence-corrected chi connectivity index (χ4v) is 2.45. The highest BCUT2D eigenvalue weighted by atomic mass is 79.9. The van der Waals surface area contributed by atoms with Crippen LogP contribution in [0.25, 0.3) is 0 Å². The highest BCUT2D eigenvalue weighted by molar-refractivity contribution is 9.08. The molecule has 0 saturated carbocycles. The van der Waals surface area contributed by atoms with Gasteiger partial charge in [0.15, 0.2) is 0 Å². The topological polar surface area (TPSA) is 36.9 Å². The Morgan fingerprint density at radius 2 is 1.65 bits per heavy atom. The molecule has 0 unspecified atom stereocenters. The van der Waals surface area contributed by atoms with E-state index in [2.05, 4.69) is 15.9 Å². The third kappa shape index (κ3) is 6.90. The van der Waals surface area contributed by atoms with E-state index in [1.807, 2.05) is 18.2 Å². The van der Waals surface area contributed by atoms with Crippen molar-refractivity contribution in [3.8, 4) is 5.75 Å². The first-order valence-electron chi connectivity index (χ1n) is 6.40. The van der Waals surface area contributed by atoms with Gasteiger partial charge in [-0.3, -0.25) is 0 Å². The minimum Gasteiger partial charge on any atom is -0.491 e. The lowest BCUT2D eigenvalue weighted by atomic mass is 10.2. The van der Waals surface area contributed by atoms with E-state index in [0.717, 1.165) is 11.3 Å². The molecule has 4 nitrogen and oxygen atoms in total. The van der Waals surface area contributed by atoms with Gasteiger partial charge in [0.2, 0.25) is 0 Å². The Labute approximate surface area is 133 Å². The van der Waals surface area contributed by atoms with Crippen LogP contribution in [0, 0.1) is 0 Å². The SMILES string of the molecule is COCCOCCOCCOc1cccc(Cl)c1CBr. The summed E-state index contributed by atoms with van der Waals surface area (Å²) in [6.07, 6.45) is 0. The van der Waals surface area contributed by atoms with Crippen molar-refractivity contribution in [2.75, 3.05) is 46.8 Å². The molecule has 1 rings (SSSR count). The number of alkyl halides is 1. The van der Waals surface area contributed by atoms with Gasteiger partial charge < -0.3 is 18.9 Å². The highest BCUT2D eigenvalue weighted by Crippen LogP contribution is 2.28. The molecular weight excluding hydrogens is 348 g/mol. The van der Waals surface area contributed by atoms with Crippen molar-refractivity contribution in [1.29, 1.82) is 0 Å². The second-order valence-corrected chi connectivity index (χ2v) is 4.88. The van der Waals surface area contributed by atoms with Gasteiger partial charge in [0.1, 0.15) is 12.4 Å². The maximum absolute atomic E-state index is 6.08. The van der Waals surface area contributed by atoms with Gasteiger partial charge in [0, 0.05) is 23.0 Å². The number of benzene rings is 1. The van der Waals surface area contributed by atoms with Crippen LogP contribution in [0.4, 0.5) is 0 Å². The molecule has 6 heteroatoms. The fraction of sp³-hybridized carbons (Fsp3) is 0.571. The zero-order valence-corrected chi connectivity index (χ0v) is 13.9. The predicted octanol–water partition coefficient (Wildman–Crippen LogP) is 3.29. The zero-order chi connectivity index (χ0) is 14.6. The van der Waals surface area contributed by atoms with Crippen LogP contribution in [0.15, 0.2) is 18.2 Å². The number of methoxy groups -OCH3 is 1. The van der Waals surface area contributed by atoms with E-state index < -0.39 is 0 Å². The molecular formula is C14H20BrClO4. The number of hydrogen-bond acceptors (Lipinski definition) is 4. The van der Waals surface area contributed by atoms with E-state index >= 15 is 0 Å². The Morgan fingerprint density at radius 1 is 1.00 bits per heavy atom. The lowest BCUT2D eigenvalue weighted by molar-refractivity contribution is 0.0179. The lowest BCUT2D eigenvalue weighted by Gasteiger charge is -2.11. The summed E-state index contributed by atoms with van der Waals surface area (Å²) in [6.45, 7) is 3.31. The molecule has 114 valence electrons. The summed E-state index contributed by atoms with van der Waals surface area (Å²) in [7, 11) is 1.65. The molecule has 0 heterocycles. The number of hydrogen-bond donors (Lipinski definition) is 0. The van der Waals surface area contributed by atoms with Gasteiger partial charge in [0.25, 0.3) is 0 Å². The molecule has 0 fully saturated rings. The molecule has 0 radical (unpaired) electrons. The Hall–Kier alpha value is -0.330. The van der Waals surface area contributed by atoms with Crippen LogP contribution in [0.1, 0.15) is 5.56 Å². The molecule has 0 atom stereocenters. The largest absolute Gasteiger partial charge is 0.491 e. The van der Waals surface area contributed by atoms with Crippen LogP contribution < -0.4 is 4.74 Å². The Bertz CT molecular complexity index is 376. The summed E-state index contributed by atoms with van der Waals surface area (Å²) < 4.78 is 21.2. The van der Waals surface area contributed by atoms with Crippen molar-refractivity contribution in [1.82, 2.24) is 0 Å². The maximum Gasteiger partial charge on any atom is 0.124 e. The first-order valence-corrected chi connectivity index (χ1v) is 7.90. The van der Waals surface area contributed by atoms with Crippen molar-refractivity contribution in [2.45, 2.75) is 5.33 Å². The summed E-state index contributed by atoms with van der Waals surface area (Å²) in [5, 5.41) is 1.36. The monoisotopic (exact) mass is 366 g/mol. The smallest absolute Gasteiger partial charge is 0.124 e. The van der Waals surface area contributed by atoms with Gasteiger partial charge in [-0.15, -0.1) is 0 Å². The van der Waals surface area contributed by atoms with E-state index in [-0.39, 0.29) is 0 Å². The molecule has 0 saturated heterocycles. The lowest BCUT2D eigenvalue weighted by Crippen LogP contribution is -2.12. The standard InChI is InChI=1S/C14H20BrClO4/c1-17-5-6-18-7-8-19-9-10-20-14-4-2-3-13(16)12(14)11-15/h2-4H,5-11H2,1H3. The van der Waals surface area contributed by atoms with E-state index in [4.69, 9.17) is 30.5 Å². The van der Waals surface area contributed by atoms with Gasteiger partial charge in [-0.25, -0.2) is 0 Å². The summed E-state index contributed by atoms with van der Waals surface area (Å²) in [5.41, 5.74) is 0.956. The van der Waals surface area contributed by atoms with Gasteiger partial charge in [-0.05, 0) is 12.1 Å². The average molecular weight is 368 g/mol. The third-order valence-electron chi connectivity index (χ3n) is 2.50. The summed E-state index contributed by atoms with van der Waals surface area (Å²) in [4.78, 5) is 0. The van der Waals surface area contributed by atoms with E-state index in [1.54, 1.807) is 7.11 Å². The van der Waals surface area contributed by atoms with E-state index in [1.165, 1.54) is 0 Å². The normalized spacial score (nSPS) is 10.8. The Kier molecular flexibility index (Phi) is 10.1. The maximum atomic E-state index is 6.08. The molecule has 0 bridgehead atoms. The summed E-state index contributed by atoms with van der Waals surface area (Å²) >= 11 is 9.49. The predicted molar refractivity (Wildman–Crippen MR) is 83.1 cm³/mol. The zero-order valence-electron chi connectivity index (χ0n) is 11.6. The molecule has 1 aromatic rings. The third-order valence-corrected chi connectivity index (χ3v) is 3.41. The van der Waals surface area contributed by atoms with Gasteiger partial charge in [-0.1, -0.05) is 33.6 Å². The highest BCUT2D eigenvalue weighted by Gasteiger charge is 2.06. The summed E-state index contributed by atoms with van der Waals surface area (Å²) in [5.74, 6) is 0.786.